The van der Waals surface area contributed by atoms with Crippen LogP contribution in [0.5, 0.6) is 0 Å². The van der Waals surface area contributed by atoms with Crippen LogP contribution in [-0.2, 0) is 72.2 Å². The molecule has 0 bridgehead atoms. The molecule has 1 saturated heterocycles. The van der Waals surface area contributed by atoms with Gasteiger partial charge in [0.2, 0.25) is 0 Å². The molecule has 21 nitrogen and oxygen atoms in total. The number of nitrogens with zero attached hydrogens (tertiary/aromatic N) is 3. The van der Waals surface area contributed by atoms with Crippen molar-refractivity contribution in [2.45, 2.75) is 201 Å². The number of nitrogens with two attached hydrogens (primary N) is 3. The van der Waals surface area contributed by atoms with E-state index >= 15 is 0 Å². The van der Waals surface area contributed by atoms with Gasteiger partial charge in [-0.25, -0.2) is 14.8 Å². The summed E-state index contributed by atoms with van der Waals surface area (Å²) in [6.45, 7) is 24.8. The summed E-state index contributed by atoms with van der Waals surface area (Å²) in [6, 6.07) is 0. The molecular formula is C52H107B2N8O13S4Sn. The molecule has 8 N–H and O–H groups in total. The van der Waals surface area contributed by atoms with E-state index in [-0.39, 0.29) is 53.7 Å². The fourth-order valence-corrected chi connectivity index (χ4v) is 28.0. The Morgan fingerprint density at radius 3 is 1.49 bits per heavy atom. The molecule has 1 aliphatic rings. The summed E-state index contributed by atoms with van der Waals surface area (Å²) in [5, 5.41) is 10.9. The number of amides is 2. The number of carbonyl (C=O) groups is 3. The summed E-state index contributed by atoms with van der Waals surface area (Å²) in [5.41, 5.74) is 16.3. The number of methoxy groups -OCH3 is 4. The number of aromatic nitrogens is 3. The minimum Gasteiger partial charge on any atom is -0.377 e. The van der Waals surface area contributed by atoms with Crippen molar-refractivity contribution >= 4 is 121 Å². The minimum atomic E-state index is -2.64. The maximum Gasteiger partial charge on any atom is 0.160 e. The number of thiocarbonyl (C=S) groups is 1. The summed E-state index contributed by atoms with van der Waals surface area (Å²) in [4.78, 5) is 55.0. The predicted octanol–water partition coefficient (Wildman–Crippen LogP) is 12.6. The van der Waals surface area contributed by atoms with Crippen molar-refractivity contribution in [3.05, 3.63) is 27.8 Å². The molecule has 80 heavy (non-hydrogen) atoms. The Kier molecular flexibility index (Phi) is 64.1. The molecule has 0 aliphatic carbocycles. The molecule has 0 aromatic carbocycles. The first kappa shape index (κ1) is 90.8. The number of hydrogen-bond acceptors (Lipinski definition) is 21. The third-order valence-electron chi connectivity index (χ3n) is 8.88. The molecule has 4 heterocycles. The Labute approximate surface area is 506 Å². The number of unbranched alkanes of at least 4 members (excludes halogenated alkanes) is 3. The van der Waals surface area contributed by atoms with Gasteiger partial charge in [-0.1, -0.05) is 29.7 Å². The normalized spacial score (nSPS) is 10.9. The first-order chi connectivity index (χ1) is 35.9. The molecule has 2 amide bonds. The quantitative estimate of drug-likeness (QED) is 0.0183. The van der Waals surface area contributed by atoms with E-state index in [0.29, 0.717) is 42.4 Å². The van der Waals surface area contributed by atoms with Crippen LogP contribution in [0.3, 0.4) is 0 Å². The van der Waals surface area contributed by atoms with Crippen molar-refractivity contribution < 1.29 is 61.9 Å². The van der Waals surface area contributed by atoms with Crippen molar-refractivity contribution in [1.82, 2.24) is 15.0 Å². The van der Waals surface area contributed by atoms with E-state index in [4.69, 9.17) is 39.1 Å². The third-order valence-corrected chi connectivity index (χ3v) is 29.8. The molecule has 0 atom stereocenters. The maximum atomic E-state index is 12.3. The standard InChI is InChI=1S/C10H16N2O3S.C10H15N2O3S.C5H8N2OS.C4H8O2.C4H8O.3C4H9.C2H5B2O3.CH4N2S.4CH4.Sn/c2*1-10(2,3)15-9(13)12-8-11-7(5-14-4)6-16-8;1-8-2-4-3-9-5(6)7-4;1-4(5)3-6-2;1-2-4-5-3-1;3*1-3-4-2;1-3-7-6-2-4-5;2-1(3)4;;;;;/h6H,5H2,1-4H3,(H,11,12,13);5H2,1-4H3,(H,11,12,13);3H,2H2,1H3,(H2,6,7);3H2,1-2H3;1-4H2;3*1,3-4H2,2H3;2H2,1H3;(H4,2,3,4);4*1H4;. The van der Waals surface area contributed by atoms with Crippen LogP contribution in [0.2, 0.25) is 20.1 Å². The van der Waals surface area contributed by atoms with E-state index in [2.05, 4.69) is 79.5 Å². The number of thiazole rings is 3. The first-order valence-corrected chi connectivity index (χ1v) is 35.5. The predicted molar refractivity (Wildman–Crippen MR) is 343 cm³/mol. The molecular weight excluding hydrogens is 1210 g/mol. The van der Waals surface area contributed by atoms with E-state index in [1.165, 1.54) is 112 Å². The molecule has 1 fully saturated rings. The Morgan fingerprint density at radius 1 is 0.725 bits per heavy atom. The smallest absolute Gasteiger partial charge is 0.160 e. The zero-order valence-corrected chi connectivity index (χ0v) is 54.2. The summed E-state index contributed by atoms with van der Waals surface area (Å²) < 4.78 is 50.3. The SMILES string of the molecule is C.C.C.C.C1CCOC1.CCC[CH2][Sn]([CH2]CCC)([CH2]CCC)[c]1sc(NC(=O)OC(C)(C)C)nc1COC.COCC(C)=O.COCc1csc(N)n1.COCc1csc(NC(=O)OC(C)(C)C)n1.C[B]OOCB=O.NC(N)=S. The van der Waals surface area contributed by atoms with Crippen molar-refractivity contribution in [1.29, 1.82) is 0 Å². The van der Waals surface area contributed by atoms with Gasteiger partial charge in [0.15, 0.2) is 21.2 Å². The Morgan fingerprint density at radius 2 is 1.16 bits per heavy atom. The van der Waals surface area contributed by atoms with Gasteiger partial charge < -0.3 is 40.9 Å². The fraction of sp³-hybridized carbons (Fsp3) is 0.750. The topological polar surface area (TPSA) is 292 Å². The van der Waals surface area contributed by atoms with Gasteiger partial charge >= 0.3 is 235 Å². The van der Waals surface area contributed by atoms with Gasteiger partial charge in [-0.3, -0.25) is 10.1 Å². The number of nitrogens with one attached hydrogen (secondary N) is 2. The Balaban J connectivity index is -0.000000175. The van der Waals surface area contributed by atoms with E-state index in [1.54, 1.807) is 39.5 Å². The van der Waals surface area contributed by atoms with Gasteiger partial charge in [0.05, 0.1) is 24.6 Å². The van der Waals surface area contributed by atoms with Gasteiger partial charge in [-0.05, 0) is 52.8 Å². The van der Waals surface area contributed by atoms with E-state index in [1.807, 2.05) is 52.3 Å². The Hall–Kier alpha value is -2.96. The van der Waals surface area contributed by atoms with Gasteiger partial charge in [0.1, 0.15) is 12.2 Å². The zero-order valence-electron chi connectivity index (χ0n) is 48.1. The van der Waals surface area contributed by atoms with Crippen LogP contribution in [0.1, 0.15) is 167 Å². The van der Waals surface area contributed by atoms with Crippen LogP contribution in [0.4, 0.5) is 25.0 Å². The molecule has 4 rings (SSSR count). The zero-order chi connectivity index (χ0) is 58.4. The van der Waals surface area contributed by atoms with E-state index in [9.17, 15) is 19.1 Å². The van der Waals surface area contributed by atoms with Crippen LogP contribution < -0.4 is 30.7 Å². The van der Waals surface area contributed by atoms with Crippen LogP contribution >= 0.6 is 46.2 Å². The van der Waals surface area contributed by atoms with Crippen molar-refractivity contribution in [3.8, 4) is 0 Å². The minimum absolute atomic E-state index is 0. The fourth-order valence-electron chi connectivity index (χ4n) is 6.06. The average Bonchev–Trinajstić information content (AvgIpc) is 4.18. The summed E-state index contributed by atoms with van der Waals surface area (Å²) in [5.74, 6) is 0.0671. The maximum absolute atomic E-state index is 12.3. The monoisotopic (exact) mass is 1320 g/mol. The Bertz CT molecular complexity index is 1920. The average molecular weight is 1320 g/mol. The number of ketones is 1. The number of anilines is 3. The van der Waals surface area contributed by atoms with Gasteiger partial charge in [-0.15, -0.1) is 22.7 Å². The molecule has 0 unspecified atom stereocenters. The van der Waals surface area contributed by atoms with Crippen LogP contribution in [-0.4, -0.2) is 137 Å². The summed E-state index contributed by atoms with van der Waals surface area (Å²) >= 11 is 5.92. The first-order valence-electron chi connectivity index (χ1n) is 25.1. The molecule has 0 saturated carbocycles. The second kappa shape index (κ2) is 56.5. The second-order valence-corrected chi connectivity index (χ2v) is 35.7. The number of hydrogen-bond donors (Lipinski definition) is 5. The van der Waals surface area contributed by atoms with Crippen molar-refractivity contribution in [2.75, 3.05) is 71.1 Å². The molecule has 1 aliphatic heterocycles. The van der Waals surface area contributed by atoms with Crippen molar-refractivity contribution in [3.63, 3.8) is 0 Å². The van der Waals surface area contributed by atoms with Crippen LogP contribution in [0.15, 0.2) is 10.8 Å². The van der Waals surface area contributed by atoms with Gasteiger partial charge in [0, 0.05) is 45.3 Å². The van der Waals surface area contributed by atoms with E-state index < -0.39 is 41.8 Å². The second-order valence-electron chi connectivity index (χ2n) is 18.4. The van der Waals surface area contributed by atoms with Crippen molar-refractivity contribution in [2.24, 2.45) is 11.5 Å². The molecule has 3 aromatic heterocycles. The number of rotatable bonds is 24. The molecule has 3 aromatic rings. The number of ether oxygens (including phenoxy) is 7. The van der Waals surface area contributed by atoms with Gasteiger partial charge in [-0.2, -0.15) is 0 Å². The van der Waals surface area contributed by atoms with Crippen LogP contribution in [0, 0.1) is 0 Å². The number of carbonyl (C=O) groups excluding carboxylic acids is 3. The summed E-state index contributed by atoms with van der Waals surface area (Å²) in [7, 11) is 8.43. The van der Waals surface area contributed by atoms with Crippen LogP contribution in [0.25, 0.3) is 0 Å². The summed E-state index contributed by atoms with van der Waals surface area (Å²) in [6.07, 6.45) is 9.22. The number of nitrogen functional groups attached to an aromatic ring is 1. The molecule has 1 radical (unpaired) electrons. The molecule has 28 heteroatoms. The number of Topliss-reactive ketones (excluding diaryl/α,β-unsaturated/α-hetero) is 1. The van der Waals surface area contributed by atoms with E-state index in [0.717, 1.165) is 30.3 Å². The molecule has 467 valence electrons. The molecule has 0 spiro atoms. The van der Waals surface area contributed by atoms with Gasteiger partial charge in [0.25, 0.3) is 0 Å². The largest absolute Gasteiger partial charge is 0.377 e. The third kappa shape index (κ3) is 54.3.